The summed E-state index contributed by atoms with van der Waals surface area (Å²) >= 11 is 0. The van der Waals surface area contributed by atoms with E-state index in [0.717, 1.165) is 12.8 Å². The van der Waals surface area contributed by atoms with Gasteiger partial charge < -0.3 is 4.98 Å². The van der Waals surface area contributed by atoms with Gasteiger partial charge in [0.05, 0.1) is 0 Å². The van der Waals surface area contributed by atoms with Gasteiger partial charge in [-0.15, -0.1) is 0 Å². The van der Waals surface area contributed by atoms with Crippen molar-refractivity contribution in [3.05, 3.63) is 29.3 Å². The predicted octanol–water partition coefficient (Wildman–Crippen LogP) is 2.36. The molecule has 0 spiro atoms. The maximum absolute atomic E-state index is 3.54. The third kappa shape index (κ3) is 2.34. The lowest BCUT2D eigenvalue weighted by Gasteiger charge is -2.13. The smallest absolute Gasteiger partial charge is 0.117 e. The summed E-state index contributed by atoms with van der Waals surface area (Å²) in [7, 11) is -0.0886. The van der Waals surface area contributed by atoms with Crippen LogP contribution in [0.2, 0.25) is 6.55 Å². The lowest BCUT2D eigenvalue weighted by atomic mass is 10.0. The van der Waals surface area contributed by atoms with Crippen LogP contribution in [0, 0.1) is 0 Å². The Labute approximate surface area is 83.5 Å². The third-order valence-electron chi connectivity index (χ3n) is 2.37. The number of hydrogen-bond donors (Lipinski definition) is 1. The molecule has 1 nitrogen and oxygen atoms in total. The van der Waals surface area contributed by atoms with Crippen LogP contribution >= 0.6 is 0 Å². The van der Waals surface area contributed by atoms with Crippen molar-refractivity contribution in [2.75, 3.05) is 4.98 Å². The van der Waals surface area contributed by atoms with Gasteiger partial charge in [-0.3, -0.25) is 0 Å². The summed E-state index contributed by atoms with van der Waals surface area (Å²) < 4.78 is 0. The summed E-state index contributed by atoms with van der Waals surface area (Å²) in [5.74, 6) is 0. The number of aryl methyl sites for hydroxylation is 1. The van der Waals surface area contributed by atoms with Crippen molar-refractivity contribution >= 4 is 15.4 Å². The Morgan fingerprint density at radius 3 is 2.54 bits per heavy atom. The first-order chi connectivity index (χ1) is 6.33. The molecule has 2 heteroatoms. The highest BCUT2D eigenvalue weighted by atomic mass is 28.2. The van der Waals surface area contributed by atoms with Crippen molar-refractivity contribution in [1.29, 1.82) is 0 Å². The van der Waals surface area contributed by atoms with Crippen molar-refractivity contribution in [3.8, 4) is 0 Å². The summed E-state index contributed by atoms with van der Waals surface area (Å²) in [5, 5.41) is 0. The Morgan fingerprint density at radius 2 is 2.00 bits per heavy atom. The Morgan fingerprint density at radius 1 is 1.23 bits per heavy atom. The van der Waals surface area contributed by atoms with Crippen LogP contribution in [0.25, 0.3) is 0 Å². The number of rotatable bonds is 4. The zero-order valence-corrected chi connectivity index (χ0v) is 10.3. The first kappa shape index (κ1) is 10.3. The van der Waals surface area contributed by atoms with Crippen molar-refractivity contribution in [3.63, 3.8) is 0 Å². The molecule has 1 rings (SSSR count). The van der Waals surface area contributed by atoms with Gasteiger partial charge in [0.2, 0.25) is 0 Å². The van der Waals surface area contributed by atoms with Gasteiger partial charge in [0.25, 0.3) is 0 Å². The zero-order chi connectivity index (χ0) is 9.68. The fraction of sp³-hybridized carbons (Fsp3) is 0.455. The standard InChI is InChI=1S/C11H19NSi/c1-4-9-7-6-8-11(12-13-3)10(9)5-2/h6-8,12H,4-5,13H2,1-3H3. The largest absolute Gasteiger partial charge is 0.416 e. The molecule has 0 saturated carbocycles. The molecule has 0 aliphatic carbocycles. The molecule has 0 atom stereocenters. The molecule has 0 aromatic heterocycles. The van der Waals surface area contributed by atoms with Crippen molar-refractivity contribution in [2.24, 2.45) is 0 Å². The molecule has 0 aliphatic heterocycles. The van der Waals surface area contributed by atoms with E-state index in [1.165, 1.54) is 16.8 Å². The van der Waals surface area contributed by atoms with E-state index >= 15 is 0 Å². The lowest BCUT2D eigenvalue weighted by molar-refractivity contribution is 1.04. The molecule has 1 aromatic rings. The maximum atomic E-state index is 3.54. The molecule has 0 radical (unpaired) electrons. The highest BCUT2D eigenvalue weighted by Gasteiger charge is 2.03. The van der Waals surface area contributed by atoms with Gasteiger partial charge in [-0.25, -0.2) is 0 Å². The number of benzene rings is 1. The molecule has 0 unspecified atom stereocenters. The van der Waals surface area contributed by atoms with Gasteiger partial charge in [-0.2, -0.15) is 0 Å². The van der Waals surface area contributed by atoms with Gasteiger partial charge in [0.15, 0.2) is 0 Å². The highest BCUT2D eigenvalue weighted by molar-refractivity contribution is 6.38. The van der Waals surface area contributed by atoms with Gasteiger partial charge in [0.1, 0.15) is 9.68 Å². The molecular weight excluding hydrogens is 174 g/mol. The van der Waals surface area contributed by atoms with E-state index in [9.17, 15) is 0 Å². The molecule has 0 heterocycles. The van der Waals surface area contributed by atoms with E-state index in [1.807, 2.05) is 0 Å². The van der Waals surface area contributed by atoms with E-state index in [4.69, 9.17) is 0 Å². The average molecular weight is 193 g/mol. The summed E-state index contributed by atoms with van der Waals surface area (Å²) in [5.41, 5.74) is 4.38. The van der Waals surface area contributed by atoms with E-state index in [1.54, 1.807) is 0 Å². The second-order valence-corrected chi connectivity index (χ2v) is 4.24. The van der Waals surface area contributed by atoms with Crippen LogP contribution < -0.4 is 4.98 Å². The van der Waals surface area contributed by atoms with Crippen molar-refractivity contribution < 1.29 is 0 Å². The first-order valence-electron chi connectivity index (χ1n) is 5.18. The molecule has 0 saturated heterocycles. The molecule has 1 aromatic carbocycles. The van der Waals surface area contributed by atoms with E-state index in [2.05, 4.69) is 43.6 Å². The van der Waals surface area contributed by atoms with Crippen LogP contribution in [0.1, 0.15) is 25.0 Å². The fourth-order valence-corrected chi connectivity index (χ4v) is 2.45. The molecular formula is C11H19NSi. The van der Waals surface area contributed by atoms with Crippen molar-refractivity contribution in [2.45, 2.75) is 33.2 Å². The monoisotopic (exact) mass is 193 g/mol. The molecule has 0 amide bonds. The second kappa shape index (κ2) is 5.07. The van der Waals surface area contributed by atoms with Crippen LogP contribution in [0.5, 0.6) is 0 Å². The molecule has 1 N–H and O–H groups in total. The van der Waals surface area contributed by atoms with E-state index < -0.39 is 0 Å². The third-order valence-corrected chi connectivity index (χ3v) is 3.11. The minimum Gasteiger partial charge on any atom is -0.416 e. The Kier molecular flexibility index (Phi) is 4.03. The molecule has 13 heavy (non-hydrogen) atoms. The summed E-state index contributed by atoms with van der Waals surface area (Å²) in [6.45, 7) is 6.73. The molecule has 0 fully saturated rings. The Bertz CT molecular complexity index is 271. The fourth-order valence-electron chi connectivity index (χ4n) is 1.74. The van der Waals surface area contributed by atoms with Gasteiger partial charge in [0, 0.05) is 5.69 Å². The zero-order valence-electron chi connectivity index (χ0n) is 8.85. The first-order valence-corrected chi connectivity index (χ1v) is 7.30. The van der Waals surface area contributed by atoms with Crippen molar-refractivity contribution in [1.82, 2.24) is 0 Å². The lowest BCUT2D eigenvalue weighted by Crippen LogP contribution is -2.05. The summed E-state index contributed by atoms with van der Waals surface area (Å²) in [6, 6.07) is 6.60. The number of anilines is 1. The normalized spacial score (nSPS) is 11.0. The van der Waals surface area contributed by atoms with E-state index in [0.29, 0.717) is 0 Å². The molecule has 72 valence electrons. The minimum atomic E-state index is -0.0886. The topological polar surface area (TPSA) is 12.0 Å². The minimum absolute atomic E-state index is 0.0886. The summed E-state index contributed by atoms with van der Waals surface area (Å²) in [4.78, 5) is 3.54. The SMILES string of the molecule is CCc1cccc(N[SiH2]C)c1CC. The number of nitrogens with one attached hydrogen (secondary N) is 1. The predicted molar refractivity (Wildman–Crippen MR) is 63.2 cm³/mol. The van der Waals surface area contributed by atoms with Crippen LogP contribution in [-0.4, -0.2) is 9.68 Å². The Hall–Kier alpha value is -0.763. The van der Waals surface area contributed by atoms with Gasteiger partial charge in [-0.1, -0.05) is 32.5 Å². The number of hydrogen-bond acceptors (Lipinski definition) is 1. The quantitative estimate of drug-likeness (QED) is 0.724. The van der Waals surface area contributed by atoms with Crippen LogP contribution in [0.3, 0.4) is 0 Å². The van der Waals surface area contributed by atoms with Crippen LogP contribution in [0.4, 0.5) is 5.69 Å². The molecule has 0 bridgehead atoms. The maximum Gasteiger partial charge on any atom is 0.117 e. The van der Waals surface area contributed by atoms with Crippen LogP contribution in [0.15, 0.2) is 18.2 Å². The van der Waals surface area contributed by atoms with E-state index in [-0.39, 0.29) is 9.68 Å². The highest BCUT2D eigenvalue weighted by Crippen LogP contribution is 2.20. The average Bonchev–Trinajstić information content (AvgIpc) is 2.18. The second-order valence-electron chi connectivity index (χ2n) is 3.18. The summed E-state index contributed by atoms with van der Waals surface area (Å²) in [6.07, 6.45) is 2.28. The Balaban J connectivity index is 3.03. The van der Waals surface area contributed by atoms with Crippen LogP contribution in [-0.2, 0) is 12.8 Å². The molecule has 0 aliphatic rings. The van der Waals surface area contributed by atoms with Gasteiger partial charge in [-0.05, 0) is 30.0 Å². The van der Waals surface area contributed by atoms with Gasteiger partial charge >= 0.3 is 0 Å².